The van der Waals surface area contributed by atoms with Gasteiger partial charge in [0.05, 0.1) is 124 Å². The molecule has 0 fully saturated rings. The van der Waals surface area contributed by atoms with E-state index in [2.05, 4.69) is 18.8 Å². The Balaban J connectivity index is 1.71. The maximum absolute atomic E-state index is 12.1. The van der Waals surface area contributed by atoms with Crippen molar-refractivity contribution in [3.8, 4) is 0 Å². The number of hydrogen-bond acceptors (Lipinski definition) is 14. The molecule has 0 aliphatic carbocycles. The Bertz CT molecular complexity index is 933. The minimum absolute atomic E-state index is 0.185. The lowest BCUT2D eigenvalue weighted by Gasteiger charge is -2.09. The molecule has 0 bridgehead atoms. The second-order valence-corrected chi connectivity index (χ2v) is 10.4. The molecule has 1 N–H and O–H groups in total. The van der Waals surface area contributed by atoms with Crippen molar-refractivity contribution in [3.05, 3.63) is 42.0 Å². The van der Waals surface area contributed by atoms with E-state index in [0.29, 0.717) is 130 Å². The number of esters is 2. The summed E-state index contributed by atoms with van der Waals surface area (Å²) in [5.41, 5.74) is 1.87. The van der Waals surface area contributed by atoms with Gasteiger partial charge in [0.1, 0.15) is 13.2 Å². The van der Waals surface area contributed by atoms with Gasteiger partial charge < -0.3 is 57.4 Å². The highest BCUT2D eigenvalue weighted by atomic mass is 16.6. The molecule has 1 aromatic rings. The molecule has 0 amide bonds. The molecule has 14 nitrogen and oxygen atoms in total. The van der Waals surface area contributed by atoms with Crippen molar-refractivity contribution in [2.45, 2.75) is 26.7 Å². The summed E-state index contributed by atoms with van der Waals surface area (Å²) in [7, 11) is 0. The number of carbonyl (C=O) groups is 2. The molecule has 0 heterocycles. The monoisotopic (exact) mass is 701 g/mol. The lowest BCUT2D eigenvalue weighted by molar-refractivity contribution is -0.140. The van der Waals surface area contributed by atoms with Crippen molar-refractivity contribution in [1.29, 1.82) is 0 Å². The highest BCUT2D eigenvalue weighted by Crippen LogP contribution is 2.11. The third-order valence-corrected chi connectivity index (χ3v) is 6.23. The number of benzene rings is 1. The van der Waals surface area contributed by atoms with E-state index in [1.807, 2.05) is 12.1 Å². The standard InChI is InChI=1S/C35H59NO13/c1-4-5-10-36-33-8-6-32(7-9-33)35(38)49-30-28-47-26-24-45-22-20-43-18-16-41-14-12-39-11-13-40-15-17-42-19-21-44-23-25-46-27-29-48-34(37)31(2)3/h6-9,36H,2,4-5,10-30H2,1,3H3. The molecule has 0 saturated heterocycles. The Hall–Kier alpha value is -2.66. The molecule has 0 saturated carbocycles. The van der Waals surface area contributed by atoms with E-state index in [1.165, 1.54) is 0 Å². The van der Waals surface area contributed by atoms with Crippen LogP contribution in [0.15, 0.2) is 36.4 Å². The smallest absolute Gasteiger partial charge is 0.338 e. The summed E-state index contributed by atoms with van der Waals surface area (Å²) in [6.07, 6.45) is 2.24. The average molecular weight is 702 g/mol. The number of anilines is 1. The van der Waals surface area contributed by atoms with Crippen LogP contribution >= 0.6 is 0 Å². The van der Waals surface area contributed by atoms with Crippen LogP contribution in [0, 0.1) is 0 Å². The Kier molecular flexibility index (Phi) is 30.6. The third-order valence-electron chi connectivity index (χ3n) is 6.23. The van der Waals surface area contributed by atoms with Crippen molar-refractivity contribution in [1.82, 2.24) is 0 Å². The molecule has 1 aromatic carbocycles. The molecule has 0 aliphatic rings. The molecule has 0 aromatic heterocycles. The molecule has 0 radical (unpaired) electrons. The minimum atomic E-state index is -0.417. The van der Waals surface area contributed by atoms with E-state index >= 15 is 0 Å². The molecule has 14 heteroatoms. The van der Waals surface area contributed by atoms with Crippen molar-refractivity contribution in [3.63, 3.8) is 0 Å². The van der Waals surface area contributed by atoms with E-state index < -0.39 is 5.97 Å². The van der Waals surface area contributed by atoms with Gasteiger partial charge in [-0.3, -0.25) is 0 Å². The highest BCUT2D eigenvalue weighted by Gasteiger charge is 2.07. The fraction of sp³-hybridized carbons (Fsp3) is 0.714. The van der Waals surface area contributed by atoms with Gasteiger partial charge >= 0.3 is 11.9 Å². The van der Waals surface area contributed by atoms with Crippen LogP contribution in [0.5, 0.6) is 0 Å². The SMILES string of the molecule is C=C(C)C(=O)OCCOCCOCCOCCOCCOCCOCCOCCOCCOCCOC(=O)c1ccc(NCCCC)cc1. The topological polar surface area (TPSA) is 148 Å². The normalized spacial score (nSPS) is 11.1. The van der Waals surface area contributed by atoms with E-state index in [9.17, 15) is 9.59 Å². The van der Waals surface area contributed by atoms with Gasteiger partial charge in [0.25, 0.3) is 0 Å². The third kappa shape index (κ3) is 28.8. The zero-order chi connectivity index (χ0) is 35.5. The van der Waals surface area contributed by atoms with Crippen molar-refractivity contribution >= 4 is 17.6 Å². The van der Waals surface area contributed by atoms with Crippen molar-refractivity contribution in [2.75, 3.05) is 144 Å². The summed E-state index contributed by atoms with van der Waals surface area (Å²) >= 11 is 0. The second kappa shape index (κ2) is 33.8. The predicted octanol–water partition coefficient (Wildman–Crippen LogP) is 3.32. The summed E-state index contributed by atoms with van der Waals surface area (Å²) in [6, 6.07) is 7.27. The van der Waals surface area contributed by atoms with Crippen LogP contribution in [-0.4, -0.2) is 151 Å². The number of nitrogens with one attached hydrogen (secondary N) is 1. The van der Waals surface area contributed by atoms with Gasteiger partial charge in [0, 0.05) is 17.8 Å². The van der Waals surface area contributed by atoms with Crippen molar-refractivity contribution in [2.24, 2.45) is 0 Å². The fourth-order valence-electron chi connectivity index (χ4n) is 3.59. The van der Waals surface area contributed by atoms with Crippen LogP contribution in [0.3, 0.4) is 0 Å². The summed E-state index contributed by atoms with van der Waals surface area (Å²) in [4.78, 5) is 23.3. The summed E-state index contributed by atoms with van der Waals surface area (Å²) in [5.74, 6) is -0.782. The Morgan fingerprint density at radius 3 is 1.18 bits per heavy atom. The number of rotatable bonds is 36. The minimum Gasteiger partial charge on any atom is -0.460 e. The van der Waals surface area contributed by atoms with E-state index in [-0.39, 0.29) is 19.2 Å². The van der Waals surface area contributed by atoms with Gasteiger partial charge in [-0.1, -0.05) is 19.9 Å². The lowest BCUT2D eigenvalue weighted by Crippen LogP contribution is -2.16. The molecule has 0 aliphatic heterocycles. The van der Waals surface area contributed by atoms with Crippen molar-refractivity contribution < 1.29 is 61.7 Å². The van der Waals surface area contributed by atoms with Gasteiger partial charge in [-0.25, -0.2) is 9.59 Å². The van der Waals surface area contributed by atoms with E-state index in [1.54, 1.807) is 19.1 Å². The number of ether oxygens (including phenoxy) is 11. The van der Waals surface area contributed by atoms with Crippen LogP contribution in [0.25, 0.3) is 0 Å². The van der Waals surface area contributed by atoms with Crippen LogP contribution in [-0.2, 0) is 56.9 Å². The Morgan fingerprint density at radius 2 is 0.857 bits per heavy atom. The first-order chi connectivity index (χ1) is 24.0. The van der Waals surface area contributed by atoms with E-state index in [0.717, 1.165) is 25.1 Å². The van der Waals surface area contributed by atoms with E-state index in [4.69, 9.17) is 52.1 Å². The molecular formula is C35H59NO13. The maximum atomic E-state index is 12.1. The Labute approximate surface area is 291 Å². The molecular weight excluding hydrogens is 642 g/mol. The predicted molar refractivity (Wildman–Crippen MR) is 183 cm³/mol. The fourth-order valence-corrected chi connectivity index (χ4v) is 3.59. The van der Waals surface area contributed by atoms with Crippen LogP contribution in [0.2, 0.25) is 0 Å². The summed E-state index contributed by atoms with van der Waals surface area (Å²) in [5, 5.41) is 3.31. The number of carbonyl (C=O) groups excluding carboxylic acids is 2. The summed E-state index contributed by atoms with van der Waals surface area (Å²) < 4.78 is 59.1. The van der Waals surface area contributed by atoms with Gasteiger partial charge in [0.2, 0.25) is 0 Å². The van der Waals surface area contributed by atoms with Gasteiger partial charge in [-0.05, 0) is 37.6 Å². The maximum Gasteiger partial charge on any atom is 0.338 e. The molecule has 0 atom stereocenters. The van der Waals surface area contributed by atoms with Gasteiger partial charge in [-0.2, -0.15) is 0 Å². The van der Waals surface area contributed by atoms with Crippen LogP contribution in [0.1, 0.15) is 37.0 Å². The zero-order valence-electron chi connectivity index (χ0n) is 29.6. The molecule has 1 rings (SSSR count). The molecule has 0 unspecified atom stereocenters. The lowest BCUT2D eigenvalue weighted by atomic mass is 10.2. The first-order valence-corrected chi connectivity index (χ1v) is 17.1. The number of unbranched alkanes of at least 4 members (excludes halogenated alkanes) is 1. The average Bonchev–Trinajstić information content (AvgIpc) is 3.10. The quantitative estimate of drug-likeness (QED) is 0.0620. The largest absolute Gasteiger partial charge is 0.460 e. The highest BCUT2D eigenvalue weighted by molar-refractivity contribution is 5.89. The second-order valence-electron chi connectivity index (χ2n) is 10.4. The molecule has 282 valence electrons. The van der Waals surface area contributed by atoms with Gasteiger partial charge in [0.15, 0.2) is 0 Å². The van der Waals surface area contributed by atoms with Crippen LogP contribution < -0.4 is 5.32 Å². The van der Waals surface area contributed by atoms with Crippen LogP contribution in [0.4, 0.5) is 5.69 Å². The van der Waals surface area contributed by atoms with Gasteiger partial charge in [-0.15, -0.1) is 0 Å². The summed E-state index contributed by atoms with van der Waals surface area (Å²) in [6.45, 7) is 16.5. The first-order valence-electron chi connectivity index (χ1n) is 17.1. The zero-order valence-corrected chi connectivity index (χ0v) is 29.6. The Morgan fingerprint density at radius 1 is 0.531 bits per heavy atom. The molecule has 0 spiro atoms. The first kappa shape index (κ1) is 44.4. The molecule has 49 heavy (non-hydrogen) atoms. The number of hydrogen-bond donors (Lipinski definition) is 1.